The van der Waals surface area contributed by atoms with E-state index in [0.717, 1.165) is 11.1 Å². The summed E-state index contributed by atoms with van der Waals surface area (Å²) in [6, 6.07) is 17.3. The van der Waals surface area contributed by atoms with E-state index in [4.69, 9.17) is 11.6 Å². The van der Waals surface area contributed by atoms with E-state index in [1.165, 1.54) is 24.3 Å². The number of anilines is 1. The zero-order valence-corrected chi connectivity index (χ0v) is 20.1. The lowest BCUT2D eigenvalue weighted by Crippen LogP contribution is -2.18. The Kier molecular flexibility index (Phi) is 7.09. The van der Waals surface area contributed by atoms with Crippen molar-refractivity contribution in [1.82, 2.24) is 24.7 Å². The smallest absolute Gasteiger partial charge is 0.387 e. The van der Waals surface area contributed by atoms with Gasteiger partial charge in [0.1, 0.15) is 17.4 Å². The lowest BCUT2D eigenvalue weighted by atomic mass is 10.1. The number of alkyl halides is 2. The minimum atomic E-state index is -2.92. The van der Waals surface area contributed by atoms with Crippen LogP contribution in [0.25, 0.3) is 11.0 Å². The van der Waals surface area contributed by atoms with E-state index >= 15 is 0 Å². The summed E-state index contributed by atoms with van der Waals surface area (Å²) >= 11 is 6.25. The van der Waals surface area contributed by atoms with E-state index in [1.54, 1.807) is 23.0 Å². The van der Waals surface area contributed by atoms with Crippen molar-refractivity contribution >= 4 is 28.5 Å². The van der Waals surface area contributed by atoms with Crippen LogP contribution < -0.4 is 15.6 Å². The maximum Gasteiger partial charge on any atom is 0.387 e. The first-order chi connectivity index (χ1) is 17.9. The monoisotopic (exact) mass is 522 g/mol. The number of H-pyrrole nitrogens is 1. The fourth-order valence-corrected chi connectivity index (χ4v) is 4.05. The molecular formula is C26H21ClF2N6O2. The molecule has 3 aromatic heterocycles. The van der Waals surface area contributed by atoms with Crippen molar-refractivity contribution in [1.29, 1.82) is 0 Å². The van der Waals surface area contributed by atoms with Crippen molar-refractivity contribution in [2.45, 2.75) is 26.1 Å². The molecular weight excluding hydrogens is 502 g/mol. The predicted molar refractivity (Wildman–Crippen MR) is 136 cm³/mol. The first kappa shape index (κ1) is 24.4. The number of halogens is 3. The predicted octanol–water partition coefficient (Wildman–Crippen LogP) is 5.02. The Morgan fingerprint density at radius 1 is 1.05 bits per heavy atom. The van der Waals surface area contributed by atoms with Gasteiger partial charge in [0.2, 0.25) is 0 Å². The molecule has 5 rings (SSSR count). The van der Waals surface area contributed by atoms with E-state index < -0.39 is 6.61 Å². The van der Waals surface area contributed by atoms with Crippen LogP contribution in [0.3, 0.4) is 0 Å². The third kappa shape index (κ3) is 5.92. The molecule has 0 fully saturated rings. The summed E-state index contributed by atoms with van der Waals surface area (Å²) in [6.45, 7) is -2.22. The van der Waals surface area contributed by atoms with Crippen LogP contribution in [-0.4, -0.2) is 31.3 Å². The number of hydrogen-bond donors (Lipinski definition) is 2. The lowest BCUT2D eigenvalue weighted by Gasteiger charge is -2.12. The first-order valence-corrected chi connectivity index (χ1v) is 11.7. The van der Waals surface area contributed by atoms with Gasteiger partial charge in [-0.2, -0.15) is 13.9 Å². The molecule has 11 heteroatoms. The summed E-state index contributed by atoms with van der Waals surface area (Å²) in [5.41, 5.74) is 3.08. The Hall–Kier alpha value is -4.31. The summed E-state index contributed by atoms with van der Waals surface area (Å²) in [5, 5.41) is 11.2. The Balaban J connectivity index is 1.33. The van der Waals surface area contributed by atoms with Crippen molar-refractivity contribution in [2.24, 2.45) is 0 Å². The maximum absolute atomic E-state index is 12.6. The molecule has 0 spiro atoms. The maximum atomic E-state index is 12.6. The number of rotatable bonds is 9. The van der Waals surface area contributed by atoms with E-state index in [9.17, 15) is 13.6 Å². The summed E-state index contributed by atoms with van der Waals surface area (Å²) in [5.74, 6) is 1.12. The molecule has 0 saturated carbocycles. The topological polar surface area (TPSA) is 97.7 Å². The summed E-state index contributed by atoms with van der Waals surface area (Å²) in [6.07, 6.45) is 3.83. The quantitative estimate of drug-likeness (QED) is 0.282. The highest BCUT2D eigenvalue weighted by Crippen LogP contribution is 2.26. The van der Waals surface area contributed by atoms with Crippen LogP contribution in [0.15, 0.2) is 77.9 Å². The highest BCUT2D eigenvalue weighted by atomic mass is 35.5. The molecule has 5 aromatic rings. The molecule has 2 N–H and O–H groups in total. The number of ether oxygens (including phenoxy) is 1. The number of aromatic amines is 1. The molecule has 188 valence electrons. The van der Waals surface area contributed by atoms with Gasteiger partial charge >= 0.3 is 6.61 Å². The second-order valence-electron chi connectivity index (χ2n) is 8.27. The van der Waals surface area contributed by atoms with Gasteiger partial charge in [0.05, 0.1) is 18.1 Å². The molecule has 0 bridgehead atoms. The first-order valence-electron chi connectivity index (χ1n) is 11.3. The average Bonchev–Trinajstić information content (AvgIpc) is 3.35. The van der Waals surface area contributed by atoms with E-state index in [2.05, 4.69) is 30.2 Å². The molecule has 0 aliphatic rings. The molecule has 0 atom stereocenters. The standard InChI is InChI=1S/C26H21ClF2N6O2/c27-21-9-8-19(37-26(28)29)12-18(21)13-30-24-20-14-31-34-25(20)33-22(32-24)11-16-4-6-17(7-5-16)15-35-10-2-1-3-23(35)36/h1-10,12,14,26H,11,13,15H2,(H2,30,31,32,33,34). The largest absolute Gasteiger partial charge is 0.435 e. The molecule has 2 aromatic carbocycles. The minimum Gasteiger partial charge on any atom is -0.435 e. The number of nitrogens with zero attached hydrogens (tertiary/aromatic N) is 4. The zero-order valence-electron chi connectivity index (χ0n) is 19.4. The van der Waals surface area contributed by atoms with Gasteiger partial charge in [-0.3, -0.25) is 9.89 Å². The Morgan fingerprint density at radius 3 is 2.65 bits per heavy atom. The second-order valence-corrected chi connectivity index (χ2v) is 8.67. The van der Waals surface area contributed by atoms with Gasteiger partial charge in [0.25, 0.3) is 5.56 Å². The van der Waals surface area contributed by atoms with E-state index in [-0.39, 0.29) is 17.9 Å². The molecule has 0 saturated heterocycles. The number of aromatic nitrogens is 5. The van der Waals surface area contributed by atoms with Crippen LogP contribution in [0.5, 0.6) is 5.75 Å². The molecule has 8 nitrogen and oxygen atoms in total. The van der Waals surface area contributed by atoms with Crippen molar-refractivity contribution in [3.63, 3.8) is 0 Å². The van der Waals surface area contributed by atoms with Crippen LogP contribution in [-0.2, 0) is 19.5 Å². The number of hydrogen-bond acceptors (Lipinski definition) is 6. The minimum absolute atomic E-state index is 0.0219. The Bertz CT molecular complexity index is 1590. The Labute approximate surface area is 214 Å². The van der Waals surface area contributed by atoms with Crippen LogP contribution in [0.4, 0.5) is 14.6 Å². The third-order valence-corrected chi connectivity index (χ3v) is 6.05. The Morgan fingerprint density at radius 2 is 1.86 bits per heavy atom. The van der Waals surface area contributed by atoms with E-state index in [1.807, 2.05) is 30.3 Å². The van der Waals surface area contributed by atoms with Gasteiger partial charge in [-0.25, -0.2) is 9.97 Å². The molecule has 0 aliphatic carbocycles. The van der Waals surface area contributed by atoms with Crippen LogP contribution in [0.2, 0.25) is 5.02 Å². The van der Waals surface area contributed by atoms with Crippen LogP contribution >= 0.6 is 11.6 Å². The summed E-state index contributed by atoms with van der Waals surface area (Å²) < 4.78 is 31.3. The zero-order chi connectivity index (χ0) is 25.8. The average molecular weight is 523 g/mol. The highest BCUT2D eigenvalue weighted by molar-refractivity contribution is 6.31. The lowest BCUT2D eigenvalue weighted by molar-refractivity contribution is -0.0498. The summed E-state index contributed by atoms with van der Waals surface area (Å²) in [7, 11) is 0. The van der Waals surface area contributed by atoms with E-state index in [0.29, 0.717) is 46.2 Å². The molecule has 37 heavy (non-hydrogen) atoms. The third-order valence-electron chi connectivity index (χ3n) is 5.68. The fraction of sp³-hybridized carbons (Fsp3) is 0.154. The van der Waals surface area contributed by atoms with Crippen molar-refractivity contribution in [3.05, 3.63) is 111 Å². The number of nitrogens with one attached hydrogen (secondary N) is 2. The summed E-state index contributed by atoms with van der Waals surface area (Å²) in [4.78, 5) is 21.2. The molecule has 3 heterocycles. The molecule has 0 aliphatic heterocycles. The van der Waals surface area contributed by atoms with Gasteiger partial charge < -0.3 is 14.6 Å². The van der Waals surface area contributed by atoms with Crippen molar-refractivity contribution in [2.75, 3.05) is 5.32 Å². The molecule has 0 unspecified atom stereocenters. The number of fused-ring (bicyclic) bond motifs is 1. The normalized spacial score (nSPS) is 11.2. The van der Waals surface area contributed by atoms with Gasteiger partial charge in [-0.1, -0.05) is 41.9 Å². The van der Waals surface area contributed by atoms with Gasteiger partial charge in [-0.05, 0) is 41.0 Å². The second kappa shape index (κ2) is 10.8. The molecule has 0 radical (unpaired) electrons. The van der Waals surface area contributed by atoms with Crippen molar-refractivity contribution < 1.29 is 13.5 Å². The molecule has 0 amide bonds. The number of pyridine rings is 1. The van der Waals surface area contributed by atoms with Crippen molar-refractivity contribution in [3.8, 4) is 5.75 Å². The van der Waals surface area contributed by atoms with Crippen LogP contribution in [0.1, 0.15) is 22.5 Å². The fourth-order valence-electron chi connectivity index (χ4n) is 3.87. The highest BCUT2D eigenvalue weighted by Gasteiger charge is 2.12. The van der Waals surface area contributed by atoms with Gasteiger partial charge in [-0.15, -0.1) is 0 Å². The van der Waals surface area contributed by atoms with Gasteiger partial charge in [0.15, 0.2) is 5.65 Å². The van der Waals surface area contributed by atoms with Gasteiger partial charge in [0, 0.05) is 30.3 Å². The van der Waals surface area contributed by atoms with Crippen LogP contribution in [0, 0.1) is 0 Å². The SMILES string of the molecule is O=c1ccccn1Cc1ccc(Cc2nc(NCc3cc(OC(F)F)ccc3Cl)c3cn[nH]c3n2)cc1. The number of benzene rings is 2.